The predicted molar refractivity (Wildman–Crippen MR) is 92.1 cm³/mol. The van der Waals surface area contributed by atoms with E-state index in [-0.39, 0.29) is 5.91 Å². The predicted octanol–water partition coefficient (Wildman–Crippen LogP) is 3.89. The van der Waals surface area contributed by atoms with Crippen LogP contribution in [-0.4, -0.2) is 19.1 Å². The van der Waals surface area contributed by atoms with Crippen molar-refractivity contribution in [1.82, 2.24) is 5.32 Å². The van der Waals surface area contributed by atoms with Crippen LogP contribution in [0.25, 0.3) is 0 Å². The number of hydrogen-bond donors (Lipinski definition) is 1. The number of fused-ring (bicyclic) bond motifs is 1. The fraction of sp³-hybridized carbons (Fsp3) is 0.278. The molecule has 2 aromatic rings. The number of ether oxygens (including phenoxy) is 2. The Hall–Kier alpha value is -2.01. The molecule has 4 nitrogen and oxygen atoms in total. The molecule has 23 heavy (non-hydrogen) atoms. The van der Waals surface area contributed by atoms with Crippen molar-refractivity contribution in [2.45, 2.75) is 19.4 Å². The summed E-state index contributed by atoms with van der Waals surface area (Å²) in [7, 11) is 0. The smallest absolute Gasteiger partial charge is 0.251 e. The first-order valence-corrected chi connectivity index (χ1v) is 8.23. The highest BCUT2D eigenvalue weighted by atomic mass is 79.9. The van der Waals surface area contributed by atoms with Gasteiger partial charge in [-0.15, -0.1) is 0 Å². The van der Waals surface area contributed by atoms with Gasteiger partial charge < -0.3 is 14.8 Å². The Morgan fingerprint density at radius 2 is 1.70 bits per heavy atom. The van der Waals surface area contributed by atoms with E-state index in [1.165, 1.54) is 0 Å². The summed E-state index contributed by atoms with van der Waals surface area (Å²) < 4.78 is 12.1. The minimum Gasteiger partial charge on any atom is -0.486 e. The Morgan fingerprint density at radius 3 is 2.39 bits per heavy atom. The number of amides is 1. The zero-order valence-electron chi connectivity index (χ0n) is 13.1. The molecule has 0 unspecified atom stereocenters. The molecule has 1 aliphatic rings. The van der Waals surface area contributed by atoms with Crippen LogP contribution in [0.2, 0.25) is 0 Å². The van der Waals surface area contributed by atoms with Crippen molar-refractivity contribution in [3.05, 3.63) is 58.1 Å². The van der Waals surface area contributed by atoms with Crippen LogP contribution in [-0.2, 0) is 5.54 Å². The molecule has 0 saturated heterocycles. The van der Waals surface area contributed by atoms with E-state index in [0.29, 0.717) is 18.8 Å². The minimum atomic E-state index is -0.528. The Kier molecular flexibility index (Phi) is 4.31. The molecule has 1 N–H and O–H groups in total. The highest BCUT2D eigenvalue weighted by Crippen LogP contribution is 2.34. The number of halogens is 1. The van der Waals surface area contributed by atoms with E-state index in [1.54, 1.807) is 12.1 Å². The van der Waals surface area contributed by atoms with Gasteiger partial charge in [0.05, 0.1) is 5.54 Å². The van der Waals surface area contributed by atoms with E-state index >= 15 is 0 Å². The third-order valence-electron chi connectivity index (χ3n) is 3.80. The summed E-state index contributed by atoms with van der Waals surface area (Å²) in [5.74, 6) is 1.35. The fourth-order valence-corrected chi connectivity index (χ4v) is 2.73. The summed E-state index contributed by atoms with van der Waals surface area (Å²) >= 11 is 3.37. The molecule has 0 spiro atoms. The first kappa shape index (κ1) is 15.9. The van der Waals surface area contributed by atoms with E-state index in [4.69, 9.17) is 9.47 Å². The second kappa shape index (κ2) is 6.24. The summed E-state index contributed by atoms with van der Waals surface area (Å²) in [5, 5.41) is 3.06. The first-order chi connectivity index (χ1) is 11.0. The lowest BCUT2D eigenvalue weighted by Crippen LogP contribution is -2.41. The number of nitrogens with one attached hydrogen (secondary N) is 1. The lowest BCUT2D eigenvalue weighted by molar-refractivity contribution is 0.0911. The summed E-state index contributed by atoms with van der Waals surface area (Å²) in [6, 6.07) is 13.1. The molecule has 3 rings (SSSR count). The van der Waals surface area contributed by atoms with Crippen molar-refractivity contribution in [1.29, 1.82) is 0 Å². The van der Waals surface area contributed by atoms with Crippen LogP contribution < -0.4 is 14.8 Å². The topological polar surface area (TPSA) is 47.6 Å². The third kappa shape index (κ3) is 3.50. The molecule has 1 amide bonds. The van der Waals surface area contributed by atoms with Crippen LogP contribution in [0.4, 0.5) is 0 Å². The average molecular weight is 376 g/mol. The Morgan fingerprint density at radius 1 is 1.04 bits per heavy atom. The first-order valence-electron chi connectivity index (χ1n) is 7.44. The molecule has 0 aromatic heterocycles. The molecule has 5 heteroatoms. The number of carbonyl (C=O) groups is 1. The summed E-state index contributed by atoms with van der Waals surface area (Å²) in [4.78, 5) is 12.5. The Bertz CT molecular complexity index is 726. The molecule has 1 heterocycles. The van der Waals surface area contributed by atoms with Gasteiger partial charge in [-0.3, -0.25) is 4.79 Å². The second-order valence-corrected chi connectivity index (χ2v) is 6.86. The van der Waals surface area contributed by atoms with Crippen LogP contribution in [0, 0.1) is 0 Å². The fourth-order valence-electron chi connectivity index (χ4n) is 2.46. The van der Waals surface area contributed by atoms with Gasteiger partial charge in [-0.05, 0) is 55.8 Å². The molecule has 2 aromatic carbocycles. The maximum Gasteiger partial charge on any atom is 0.251 e. The SMILES string of the molecule is CC(C)(NC(=O)c1ccc(Br)cc1)c1ccc2c(c1)OCCO2. The number of benzene rings is 2. The van der Waals surface area contributed by atoms with Crippen molar-refractivity contribution >= 4 is 21.8 Å². The molecule has 0 saturated carbocycles. The molecule has 0 aliphatic carbocycles. The van der Waals surface area contributed by atoms with Gasteiger partial charge in [0.1, 0.15) is 13.2 Å². The van der Waals surface area contributed by atoms with Crippen molar-refractivity contribution < 1.29 is 14.3 Å². The van der Waals surface area contributed by atoms with Crippen molar-refractivity contribution in [2.24, 2.45) is 0 Å². The third-order valence-corrected chi connectivity index (χ3v) is 4.32. The number of rotatable bonds is 3. The maximum absolute atomic E-state index is 12.5. The zero-order chi connectivity index (χ0) is 16.4. The number of hydrogen-bond acceptors (Lipinski definition) is 3. The lowest BCUT2D eigenvalue weighted by Gasteiger charge is -2.28. The van der Waals surface area contributed by atoms with Gasteiger partial charge in [0.2, 0.25) is 0 Å². The van der Waals surface area contributed by atoms with E-state index < -0.39 is 5.54 Å². The van der Waals surface area contributed by atoms with Crippen LogP contribution in [0.3, 0.4) is 0 Å². The molecular formula is C18H18BrNO3. The van der Waals surface area contributed by atoms with Crippen LogP contribution in [0.1, 0.15) is 29.8 Å². The second-order valence-electron chi connectivity index (χ2n) is 5.94. The molecule has 0 fully saturated rings. The van der Waals surface area contributed by atoms with Gasteiger partial charge in [-0.1, -0.05) is 22.0 Å². The van der Waals surface area contributed by atoms with Gasteiger partial charge in [0, 0.05) is 10.0 Å². The van der Waals surface area contributed by atoms with Gasteiger partial charge in [0.15, 0.2) is 11.5 Å². The van der Waals surface area contributed by atoms with Gasteiger partial charge in [0.25, 0.3) is 5.91 Å². The lowest BCUT2D eigenvalue weighted by atomic mass is 9.93. The summed E-state index contributed by atoms with van der Waals surface area (Å²) in [6.45, 7) is 5.04. The highest BCUT2D eigenvalue weighted by Gasteiger charge is 2.25. The summed E-state index contributed by atoms with van der Waals surface area (Å²) in [5.41, 5.74) is 1.06. The largest absolute Gasteiger partial charge is 0.486 e. The van der Waals surface area contributed by atoms with Crippen molar-refractivity contribution in [2.75, 3.05) is 13.2 Å². The molecule has 0 atom stereocenters. The quantitative estimate of drug-likeness (QED) is 0.885. The zero-order valence-corrected chi connectivity index (χ0v) is 14.6. The van der Waals surface area contributed by atoms with E-state index in [9.17, 15) is 4.79 Å². The normalized spacial score (nSPS) is 13.5. The standard InChI is InChI=1S/C18H18BrNO3/c1-18(2,20-17(21)12-3-6-14(19)7-4-12)13-5-8-15-16(11-13)23-10-9-22-15/h3-8,11H,9-10H2,1-2H3,(H,20,21). The van der Waals surface area contributed by atoms with E-state index in [1.807, 2.05) is 44.2 Å². The molecule has 0 bridgehead atoms. The van der Waals surface area contributed by atoms with Crippen molar-refractivity contribution in [3.8, 4) is 11.5 Å². The van der Waals surface area contributed by atoms with E-state index in [0.717, 1.165) is 21.5 Å². The number of carbonyl (C=O) groups excluding carboxylic acids is 1. The summed E-state index contributed by atoms with van der Waals surface area (Å²) in [6.07, 6.45) is 0. The monoisotopic (exact) mass is 375 g/mol. The van der Waals surface area contributed by atoms with Crippen LogP contribution in [0.5, 0.6) is 11.5 Å². The molecular weight excluding hydrogens is 358 g/mol. The minimum absolute atomic E-state index is 0.114. The van der Waals surface area contributed by atoms with Crippen molar-refractivity contribution in [3.63, 3.8) is 0 Å². The average Bonchev–Trinajstić information content (AvgIpc) is 2.54. The maximum atomic E-state index is 12.5. The molecule has 120 valence electrons. The van der Waals surface area contributed by atoms with Gasteiger partial charge in [-0.25, -0.2) is 0 Å². The van der Waals surface area contributed by atoms with Gasteiger partial charge >= 0.3 is 0 Å². The van der Waals surface area contributed by atoms with E-state index in [2.05, 4.69) is 21.2 Å². The van der Waals surface area contributed by atoms with Crippen LogP contribution in [0.15, 0.2) is 46.9 Å². The Labute approximate surface area is 143 Å². The van der Waals surface area contributed by atoms with Gasteiger partial charge in [-0.2, -0.15) is 0 Å². The Balaban J connectivity index is 1.80. The van der Waals surface area contributed by atoms with Crippen LogP contribution >= 0.6 is 15.9 Å². The molecule has 0 radical (unpaired) electrons. The highest BCUT2D eigenvalue weighted by molar-refractivity contribution is 9.10. The molecule has 1 aliphatic heterocycles.